The van der Waals surface area contributed by atoms with E-state index >= 15 is 0 Å². The molecule has 3 heteroatoms. The van der Waals surface area contributed by atoms with Crippen molar-refractivity contribution < 1.29 is 0 Å². The van der Waals surface area contributed by atoms with Crippen LogP contribution in [0.15, 0.2) is 30.6 Å². The van der Waals surface area contributed by atoms with Crippen molar-refractivity contribution in [3.05, 3.63) is 47.5 Å². The second-order valence-corrected chi connectivity index (χ2v) is 4.61. The Balaban J connectivity index is 2.35. The lowest BCUT2D eigenvalue weighted by Gasteiger charge is -2.12. The highest BCUT2D eigenvalue weighted by molar-refractivity contribution is 5.43. The monoisotopic (exact) mass is 243 g/mol. The van der Waals surface area contributed by atoms with Gasteiger partial charge in [-0.3, -0.25) is 0 Å². The maximum atomic E-state index is 4.43. The maximum absolute atomic E-state index is 4.43. The van der Waals surface area contributed by atoms with E-state index in [-0.39, 0.29) is 0 Å². The highest BCUT2D eigenvalue weighted by atomic mass is 15.1. The van der Waals surface area contributed by atoms with E-state index in [4.69, 9.17) is 0 Å². The molecule has 1 heterocycles. The summed E-state index contributed by atoms with van der Waals surface area (Å²) in [5.74, 6) is 1.14. The number of aromatic nitrogens is 2. The number of hydrogen-bond acceptors (Lipinski definition) is 2. The van der Waals surface area contributed by atoms with Crippen LogP contribution < -0.4 is 5.32 Å². The van der Waals surface area contributed by atoms with Gasteiger partial charge in [0.1, 0.15) is 5.82 Å². The van der Waals surface area contributed by atoms with Crippen molar-refractivity contribution in [2.75, 3.05) is 7.05 Å². The molecule has 2 rings (SSSR count). The summed E-state index contributed by atoms with van der Waals surface area (Å²) in [5.41, 5.74) is 3.84. The summed E-state index contributed by atoms with van der Waals surface area (Å²) in [6.07, 6.45) is 6.07. The number of hydrogen-bond donors (Lipinski definition) is 1. The molecule has 0 saturated heterocycles. The third-order valence-electron chi connectivity index (χ3n) is 3.09. The Morgan fingerprint density at radius 3 is 2.83 bits per heavy atom. The molecule has 0 aliphatic rings. The molecule has 0 unspecified atom stereocenters. The lowest BCUT2D eigenvalue weighted by atomic mass is 10.1. The summed E-state index contributed by atoms with van der Waals surface area (Å²) < 4.78 is 2.20. The second-order valence-electron chi connectivity index (χ2n) is 4.61. The van der Waals surface area contributed by atoms with Gasteiger partial charge in [-0.05, 0) is 37.6 Å². The fraction of sp³-hybridized carbons (Fsp3) is 0.400. The van der Waals surface area contributed by atoms with Crippen LogP contribution in [-0.4, -0.2) is 16.6 Å². The van der Waals surface area contributed by atoms with E-state index in [2.05, 4.69) is 46.9 Å². The first-order chi connectivity index (χ1) is 8.76. The lowest BCUT2D eigenvalue weighted by molar-refractivity contribution is 0.801. The van der Waals surface area contributed by atoms with Crippen molar-refractivity contribution >= 4 is 0 Å². The smallest absolute Gasteiger partial charge is 0.113 e. The van der Waals surface area contributed by atoms with E-state index in [9.17, 15) is 0 Å². The maximum Gasteiger partial charge on any atom is 0.113 e. The molecule has 0 bridgehead atoms. The molecular formula is C15H21N3. The lowest BCUT2D eigenvalue weighted by Crippen LogP contribution is -2.07. The molecule has 0 atom stereocenters. The van der Waals surface area contributed by atoms with Gasteiger partial charge in [0.2, 0.25) is 0 Å². The van der Waals surface area contributed by atoms with Crippen molar-refractivity contribution in [1.82, 2.24) is 14.9 Å². The summed E-state index contributed by atoms with van der Waals surface area (Å²) in [5, 5.41) is 3.18. The molecule has 1 N–H and O–H groups in total. The van der Waals surface area contributed by atoms with Gasteiger partial charge < -0.3 is 9.88 Å². The predicted molar refractivity (Wildman–Crippen MR) is 75.1 cm³/mol. The standard InChI is InChI=1S/C15H21N3/c1-4-5-15-17-8-9-18(15)14-7-6-13(11-16-3)10-12(14)2/h6-10,16H,4-5,11H2,1-3H3. The van der Waals surface area contributed by atoms with Gasteiger partial charge in [-0.25, -0.2) is 4.98 Å². The number of nitrogens with zero attached hydrogens (tertiary/aromatic N) is 2. The van der Waals surface area contributed by atoms with E-state index < -0.39 is 0 Å². The Labute approximate surface area is 109 Å². The Morgan fingerprint density at radius 2 is 2.17 bits per heavy atom. The minimum absolute atomic E-state index is 0.910. The molecule has 0 radical (unpaired) electrons. The number of aryl methyl sites for hydroxylation is 2. The average Bonchev–Trinajstić information content (AvgIpc) is 2.78. The molecule has 96 valence electrons. The Hall–Kier alpha value is -1.61. The third kappa shape index (κ3) is 2.62. The van der Waals surface area contributed by atoms with E-state index in [0.717, 1.165) is 25.2 Å². The molecule has 1 aromatic heterocycles. The Morgan fingerprint density at radius 1 is 1.33 bits per heavy atom. The van der Waals surface area contributed by atoms with Gasteiger partial charge in [0.25, 0.3) is 0 Å². The summed E-state index contributed by atoms with van der Waals surface area (Å²) in [6, 6.07) is 6.60. The molecule has 2 aromatic rings. The minimum atomic E-state index is 0.910. The number of nitrogens with one attached hydrogen (secondary N) is 1. The number of benzene rings is 1. The van der Waals surface area contributed by atoms with Crippen LogP contribution in [0.5, 0.6) is 0 Å². The molecule has 0 aliphatic carbocycles. The van der Waals surface area contributed by atoms with Crippen molar-refractivity contribution in [2.45, 2.75) is 33.2 Å². The van der Waals surface area contributed by atoms with Gasteiger partial charge in [0, 0.05) is 31.0 Å². The first kappa shape index (κ1) is 12.8. The molecule has 1 aromatic carbocycles. The molecule has 0 amide bonds. The summed E-state index contributed by atoms with van der Waals surface area (Å²) in [7, 11) is 1.97. The zero-order valence-corrected chi connectivity index (χ0v) is 11.4. The zero-order valence-electron chi connectivity index (χ0n) is 11.4. The Bertz CT molecular complexity index is 514. The van der Waals surface area contributed by atoms with Crippen molar-refractivity contribution in [1.29, 1.82) is 0 Å². The molecule has 3 nitrogen and oxygen atoms in total. The second kappa shape index (κ2) is 5.83. The van der Waals surface area contributed by atoms with E-state index in [0.29, 0.717) is 0 Å². The van der Waals surface area contributed by atoms with Gasteiger partial charge in [-0.15, -0.1) is 0 Å². The molecular weight excluding hydrogens is 222 g/mol. The quantitative estimate of drug-likeness (QED) is 0.875. The zero-order chi connectivity index (χ0) is 13.0. The van der Waals surface area contributed by atoms with E-state index in [1.807, 2.05) is 19.4 Å². The molecule has 0 spiro atoms. The van der Waals surface area contributed by atoms with Crippen LogP contribution in [0.2, 0.25) is 0 Å². The fourth-order valence-corrected chi connectivity index (χ4v) is 2.26. The highest BCUT2D eigenvalue weighted by Gasteiger charge is 2.07. The van der Waals surface area contributed by atoms with Crippen LogP contribution in [0.1, 0.15) is 30.3 Å². The van der Waals surface area contributed by atoms with Gasteiger partial charge in [0.05, 0.1) is 0 Å². The SMILES string of the molecule is CCCc1nccn1-c1ccc(CNC)cc1C. The van der Waals surface area contributed by atoms with Crippen molar-refractivity contribution in [3.8, 4) is 5.69 Å². The highest BCUT2D eigenvalue weighted by Crippen LogP contribution is 2.18. The van der Waals surface area contributed by atoms with Crippen LogP contribution in [0.25, 0.3) is 5.69 Å². The predicted octanol–water partition coefficient (Wildman–Crippen LogP) is 2.85. The fourth-order valence-electron chi connectivity index (χ4n) is 2.26. The summed E-state index contributed by atoms with van der Waals surface area (Å²) in [4.78, 5) is 4.43. The molecule has 18 heavy (non-hydrogen) atoms. The summed E-state index contributed by atoms with van der Waals surface area (Å²) >= 11 is 0. The third-order valence-corrected chi connectivity index (χ3v) is 3.09. The number of imidazole rings is 1. The largest absolute Gasteiger partial charge is 0.316 e. The molecule has 0 fully saturated rings. The van der Waals surface area contributed by atoms with Crippen LogP contribution in [0, 0.1) is 6.92 Å². The van der Waals surface area contributed by atoms with Crippen LogP contribution in [0.4, 0.5) is 0 Å². The van der Waals surface area contributed by atoms with Crippen LogP contribution >= 0.6 is 0 Å². The van der Waals surface area contributed by atoms with E-state index in [1.165, 1.54) is 16.8 Å². The minimum Gasteiger partial charge on any atom is -0.316 e. The number of rotatable bonds is 5. The average molecular weight is 243 g/mol. The van der Waals surface area contributed by atoms with Crippen molar-refractivity contribution in [3.63, 3.8) is 0 Å². The first-order valence-corrected chi connectivity index (χ1v) is 6.53. The topological polar surface area (TPSA) is 29.9 Å². The van der Waals surface area contributed by atoms with Crippen LogP contribution in [-0.2, 0) is 13.0 Å². The normalized spacial score (nSPS) is 10.8. The van der Waals surface area contributed by atoms with E-state index in [1.54, 1.807) is 0 Å². The summed E-state index contributed by atoms with van der Waals surface area (Å²) in [6.45, 7) is 5.25. The van der Waals surface area contributed by atoms with Crippen LogP contribution in [0.3, 0.4) is 0 Å². The first-order valence-electron chi connectivity index (χ1n) is 6.53. The van der Waals surface area contributed by atoms with Gasteiger partial charge in [0.15, 0.2) is 0 Å². The molecule has 0 saturated carbocycles. The molecule has 0 aliphatic heterocycles. The Kier molecular flexibility index (Phi) is 4.15. The van der Waals surface area contributed by atoms with Crippen molar-refractivity contribution in [2.24, 2.45) is 0 Å². The van der Waals surface area contributed by atoms with Gasteiger partial charge in [-0.1, -0.05) is 19.1 Å². The van der Waals surface area contributed by atoms with Gasteiger partial charge >= 0.3 is 0 Å². The van der Waals surface area contributed by atoms with Gasteiger partial charge in [-0.2, -0.15) is 0 Å².